The van der Waals surface area contributed by atoms with Crippen LogP contribution in [0.2, 0.25) is 0 Å². The Morgan fingerprint density at radius 3 is 1.29 bits per heavy atom. The van der Waals surface area contributed by atoms with Crippen LogP contribution in [0.25, 0.3) is 0 Å². The highest BCUT2D eigenvalue weighted by atomic mass is 16.6. The summed E-state index contributed by atoms with van der Waals surface area (Å²) in [5.41, 5.74) is 0. The van der Waals surface area contributed by atoms with Gasteiger partial charge in [-0.15, -0.1) is 0 Å². The van der Waals surface area contributed by atoms with E-state index in [-0.39, 0.29) is 32.0 Å². The molecule has 0 radical (unpaired) electrons. The van der Waals surface area contributed by atoms with Crippen molar-refractivity contribution in [2.75, 3.05) is 13.2 Å². The molecule has 0 rings (SSSR count). The van der Waals surface area contributed by atoms with E-state index in [2.05, 4.69) is 118 Å². The number of ether oxygens (including phenoxy) is 3. The van der Waals surface area contributed by atoms with Crippen molar-refractivity contribution in [1.29, 1.82) is 0 Å². The van der Waals surface area contributed by atoms with Gasteiger partial charge in [0.25, 0.3) is 0 Å². The van der Waals surface area contributed by atoms with Crippen LogP contribution in [0.3, 0.4) is 0 Å². The van der Waals surface area contributed by atoms with Gasteiger partial charge in [0.1, 0.15) is 13.2 Å². The van der Waals surface area contributed by atoms with Crippen LogP contribution in [0.15, 0.2) is 109 Å². The van der Waals surface area contributed by atoms with Crippen molar-refractivity contribution in [3.8, 4) is 0 Å². The summed E-state index contributed by atoms with van der Waals surface area (Å²) in [6, 6.07) is 0. The van der Waals surface area contributed by atoms with Crippen molar-refractivity contribution < 1.29 is 28.6 Å². The minimum absolute atomic E-state index is 0.116. The molecule has 0 heterocycles. The molecule has 0 fully saturated rings. The van der Waals surface area contributed by atoms with Crippen molar-refractivity contribution in [1.82, 2.24) is 0 Å². The summed E-state index contributed by atoms with van der Waals surface area (Å²) in [4.78, 5) is 37.4. The third kappa shape index (κ3) is 37.3. The fraction of sp³-hybridized carbons (Fsp3) is 0.543. The lowest BCUT2D eigenvalue weighted by Gasteiger charge is -2.18. The Morgan fingerprint density at radius 1 is 0.404 bits per heavy atom. The molecule has 52 heavy (non-hydrogen) atoms. The molecule has 1 unspecified atom stereocenters. The summed E-state index contributed by atoms with van der Waals surface area (Å²) in [5.74, 6) is -1.16. The summed E-state index contributed by atoms with van der Waals surface area (Å²) < 4.78 is 16.4. The maximum atomic E-state index is 12.6. The highest BCUT2D eigenvalue weighted by Crippen LogP contribution is 2.09. The maximum absolute atomic E-state index is 12.6. The standard InChI is InChI=1S/C46H70O6/c1-4-7-10-13-16-19-21-22-23-25-27-30-33-36-39-45(48)51-42-43(41-50-44(47)38-35-32-29-26-18-15-12-9-6-3)52-46(49)40-37-34-31-28-24-20-17-14-11-8-5-2/h7-12,16-20,22-23,26,28,31-32,35,43H,4-6,13-15,21,24-25,27,29-30,33-34,36-42H2,1-3H3/b10-7-,11-8-,12-9-,19-16-,20-17-,23-22-,26-18-,31-28-,35-32-. The predicted octanol–water partition coefficient (Wildman–Crippen LogP) is 12.5. The second-order valence-corrected chi connectivity index (χ2v) is 12.4. The molecule has 0 bridgehead atoms. The summed E-state index contributed by atoms with van der Waals surface area (Å²) in [5, 5.41) is 0. The van der Waals surface area contributed by atoms with Crippen LogP contribution in [-0.4, -0.2) is 37.2 Å². The molecule has 0 aromatic heterocycles. The van der Waals surface area contributed by atoms with Crippen molar-refractivity contribution in [2.45, 2.75) is 149 Å². The molecule has 0 spiro atoms. The van der Waals surface area contributed by atoms with Crippen LogP contribution >= 0.6 is 0 Å². The third-order valence-electron chi connectivity index (χ3n) is 7.54. The van der Waals surface area contributed by atoms with Crippen LogP contribution in [0.1, 0.15) is 143 Å². The van der Waals surface area contributed by atoms with Crippen molar-refractivity contribution in [2.24, 2.45) is 0 Å². The third-order valence-corrected chi connectivity index (χ3v) is 7.54. The first kappa shape index (κ1) is 48.1. The molecule has 0 aromatic carbocycles. The molecular weight excluding hydrogens is 648 g/mol. The average Bonchev–Trinajstić information content (AvgIpc) is 3.14. The van der Waals surface area contributed by atoms with Gasteiger partial charge in [-0.05, 0) is 89.9 Å². The summed E-state index contributed by atoms with van der Waals surface area (Å²) >= 11 is 0. The largest absolute Gasteiger partial charge is 0.462 e. The molecule has 0 saturated carbocycles. The topological polar surface area (TPSA) is 78.9 Å². The first-order valence-corrected chi connectivity index (χ1v) is 19.9. The van der Waals surface area contributed by atoms with E-state index in [4.69, 9.17) is 14.2 Å². The summed E-state index contributed by atoms with van der Waals surface area (Å²) in [6.07, 6.45) is 52.6. The lowest BCUT2D eigenvalue weighted by molar-refractivity contribution is -0.166. The molecule has 0 saturated heterocycles. The van der Waals surface area contributed by atoms with Crippen LogP contribution in [0, 0.1) is 0 Å². The minimum atomic E-state index is -0.847. The van der Waals surface area contributed by atoms with E-state index < -0.39 is 18.0 Å². The number of esters is 3. The molecule has 1 atom stereocenters. The molecule has 0 aromatic rings. The predicted molar refractivity (Wildman–Crippen MR) is 219 cm³/mol. The van der Waals surface area contributed by atoms with E-state index in [1.54, 1.807) is 6.08 Å². The Kier molecular flexibility index (Phi) is 36.8. The Morgan fingerprint density at radius 2 is 0.788 bits per heavy atom. The zero-order valence-electron chi connectivity index (χ0n) is 32.8. The summed E-state index contributed by atoms with van der Waals surface area (Å²) in [6.45, 7) is 6.07. The van der Waals surface area contributed by atoms with E-state index in [1.165, 1.54) is 0 Å². The van der Waals surface area contributed by atoms with Crippen LogP contribution < -0.4 is 0 Å². The number of unbranched alkanes of at least 4 members (excludes halogenated alkanes) is 5. The zero-order chi connectivity index (χ0) is 38.0. The molecule has 0 amide bonds. The highest BCUT2D eigenvalue weighted by molar-refractivity contribution is 5.72. The van der Waals surface area contributed by atoms with Crippen LogP contribution in [-0.2, 0) is 28.6 Å². The fourth-order valence-corrected chi connectivity index (χ4v) is 4.65. The number of carbonyl (C=O) groups is 3. The highest BCUT2D eigenvalue weighted by Gasteiger charge is 2.19. The lowest BCUT2D eigenvalue weighted by Crippen LogP contribution is -2.30. The Labute approximate surface area is 317 Å². The Bertz CT molecular complexity index is 1150. The molecule has 6 heteroatoms. The first-order chi connectivity index (χ1) is 25.5. The van der Waals surface area contributed by atoms with Gasteiger partial charge in [0, 0.05) is 12.8 Å². The molecular formula is C46H70O6. The van der Waals surface area contributed by atoms with Crippen LogP contribution in [0.4, 0.5) is 0 Å². The van der Waals surface area contributed by atoms with E-state index in [0.29, 0.717) is 12.8 Å². The summed E-state index contributed by atoms with van der Waals surface area (Å²) in [7, 11) is 0. The number of allylic oxidation sites excluding steroid dienone is 17. The second kappa shape index (κ2) is 39.8. The van der Waals surface area contributed by atoms with Gasteiger partial charge in [-0.25, -0.2) is 0 Å². The number of hydrogen-bond acceptors (Lipinski definition) is 6. The van der Waals surface area contributed by atoms with Crippen molar-refractivity contribution in [3.63, 3.8) is 0 Å². The van der Waals surface area contributed by atoms with E-state index in [9.17, 15) is 14.4 Å². The van der Waals surface area contributed by atoms with Crippen molar-refractivity contribution in [3.05, 3.63) is 109 Å². The van der Waals surface area contributed by atoms with Gasteiger partial charge >= 0.3 is 17.9 Å². The van der Waals surface area contributed by atoms with E-state index >= 15 is 0 Å². The lowest BCUT2D eigenvalue weighted by atomic mass is 10.1. The van der Waals surface area contributed by atoms with E-state index in [0.717, 1.165) is 96.3 Å². The van der Waals surface area contributed by atoms with Gasteiger partial charge in [-0.2, -0.15) is 0 Å². The minimum Gasteiger partial charge on any atom is -0.462 e. The van der Waals surface area contributed by atoms with Gasteiger partial charge in [0.2, 0.25) is 0 Å². The average molecular weight is 719 g/mol. The zero-order valence-corrected chi connectivity index (χ0v) is 32.8. The molecule has 290 valence electrons. The van der Waals surface area contributed by atoms with E-state index in [1.807, 2.05) is 6.08 Å². The Hall–Kier alpha value is -3.93. The molecule has 0 aliphatic carbocycles. The number of carbonyl (C=O) groups excluding carboxylic acids is 3. The molecule has 0 aliphatic rings. The van der Waals surface area contributed by atoms with Crippen LogP contribution in [0.5, 0.6) is 0 Å². The molecule has 0 aliphatic heterocycles. The second-order valence-electron chi connectivity index (χ2n) is 12.4. The quantitative estimate of drug-likeness (QED) is 0.0291. The van der Waals surface area contributed by atoms with Crippen molar-refractivity contribution >= 4 is 17.9 Å². The molecule has 6 nitrogen and oxygen atoms in total. The molecule has 0 N–H and O–H groups in total. The van der Waals surface area contributed by atoms with Gasteiger partial charge < -0.3 is 14.2 Å². The van der Waals surface area contributed by atoms with Gasteiger partial charge in [-0.3, -0.25) is 14.4 Å². The van der Waals surface area contributed by atoms with Gasteiger partial charge in [0.15, 0.2) is 6.10 Å². The first-order valence-electron chi connectivity index (χ1n) is 19.9. The number of hydrogen-bond donors (Lipinski definition) is 0. The fourth-order valence-electron chi connectivity index (χ4n) is 4.65. The maximum Gasteiger partial charge on any atom is 0.309 e. The SMILES string of the molecule is CC/C=C\C/C=C\C/C=C\CCCCCCC(=O)OCC(COC(=O)C/C=C\C/C=C\C/C=C\CC)OC(=O)CCC/C=C\C/C=C\C/C=C\CC. The van der Waals surface area contributed by atoms with Gasteiger partial charge in [0.05, 0.1) is 6.42 Å². The normalized spacial score (nSPS) is 13.2. The number of rotatable bonds is 33. The van der Waals surface area contributed by atoms with Gasteiger partial charge in [-0.1, -0.05) is 143 Å². The Balaban J connectivity index is 4.58. The monoisotopic (exact) mass is 719 g/mol. The smallest absolute Gasteiger partial charge is 0.309 e.